The van der Waals surface area contributed by atoms with Crippen LogP contribution in [-0.2, 0) is 6.42 Å². The molecular formula is C13H19NOS. The van der Waals surface area contributed by atoms with Gasteiger partial charge < -0.3 is 10.4 Å². The first kappa shape index (κ1) is 11.8. The Morgan fingerprint density at radius 3 is 3.00 bits per heavy atom. The van der Waals surface area contributed by atoms with Crippen molar-refractivity contribution in [2.45, 2.75) is 37.1 Å². The van der Waals surface area contributed by atoms with E-state index in [9.17, 15) is 5.11 Å². The van der Waals surface area contributed by atoms with Crippen molar-refractivity contribution in [3.05, 3.63) is 23.8 Å². The fraction of sp³-hybridized carbons (Fsp3) is 0.538. The fourth-order valence-corrected chi connectivity index (χ4v) is 2.89. The molecule has 1 aromatic rings. The number of aliphatic hydroxyl groups is 1. The van der Waals surface area contributed by atoms with Crippen LogP contribution in [0.5, 0.6) is 0 Å². The Morgan fingerprint density at radius 1 is 1.44 bits per heavy atom. The predicted octanol–water partition coefficient (Wildman–Crippen LogP) is 2.91. The van der Waals surface area contributed by atoms with E-state index < -0.39 is 0 Å². The first-order chi connectivity index (χ1) is 7.61. The number of hydrogen-bond donors (Lipinski definition) is 2. The summed E-state index contributed by atoms with van der Waals surface area (Å²) >= 11 is 1.94. The van der Waals surface area contributed by atoms with Gasteiger partial charge in [0, 0.05) is 10.6 Å². The molecule has 1 aliphatic heterocycles. The lowest BCUT2D eigenvalue weighted by Gasteiger charge is -2.26. The second-order valence-corrected chi connectivity index (χ2v) is 6.08. The standard InChI is InChI=1S/C13H19NOS/c1-13(2,9-15)14-11-5-6-12-10(8-11)4-3-7-16-12/h5-6,8,14-15H,3-4,7,9H2,1-2H3. The Kier molecular flexibility index (Phi) is 3.45. The van der Waals surface area contributed by atoms with Gasteiger partial charge in [0.1, 0.15) is 0 Å². The molecule has 1 aliphatic rings. The summed E-state index contributed by atoms with van der Waals surface area (Å²) in [6.45, 7) is 4.14. The molecule has 0 atom stereocenters. The smallest absolute Gasteiger partial charge is 0.0656 e. The van der Waals surface area contributed by atoms with Crippen LogP contribution in [0.25, 0.3) is 0 Å². The molecule has 88 valence electrons. The minimum Gasteiger partial charge on any atom is -0.394 e. The maximum absolute atomic E-state index is 9.23. The molecule has 0 radical (unpaired) electrons. The molecule has 2 nitrogen and oxygen atoms in total. The summed E-state index contributed by atoms with van der Waals surface area (Å²) in [5.41, 5.74) is 2.30. The number of fused-ring (bicyclic) bond motifs is 1. The van der Waals surface area contributed by atoms with Gasteiger partial charge in [0.2, 0.25) is 0 Å². The lowest BCUT2D eigenvalue weighted by Crippen LogP contribution is -2.34. The number of rotatable bonds is 3. The van der Waals surface area contributed by atoms with Crippen LogP contribution >= 0.6 is 11.8 Å². The summed E-state index contributed by atoms with van der Waals surface area (Å²) in [5, 5.41) is 12.6. The normalized spacial score (nSPS) is 15.7. The third kappa shape index (κ3) is 2.71. The SMILES string of the molecule is CC(C)(CO)Nc1ccc2c(c1)CCCS2. The molecule has 16 heavy (non-hydrogen) atoms. The van der Waals surface area contributed by atoms with Crippen molar-refractivity contribution in [2.24, 2.45) is 0 Å². The van der Waals surface area contributed by atoms with Gasteiger partial charge in [-0.25, -0.2) is 0 Å². The molecule has 0 bridgehead atoms. The summed E-state index contributed by atoms with van der Waals surface area (Å²) in [7, 11) is 0. The lowest BCUT2D eigenvalue weighted by molar-refractivity contribution is 0.234. The highest BCUT2D eigenvalue weighted by Gasteiger charge is 2.17. The molecule has 0 spiro atoms. The van der Waals surface area contributed by atoms with Crippen molar-refractivity contribution in [2.75, 3.05) is 17.7 Å². The number of anilines is 1. The molecule has 0 saturated heterocycles. The van der Waals surface area contributed by atoms with Gasteiger partial charge in [-0.3, -0.25) is 0 Å². The summed E-state index contributed by atoms with van der Waals surface area (Å²) < 4.78 is 0. The van der Waals surface area contributed by atoms with E-state index in [0.29, 0.717) is 0 Å². The minimum absolute atomic E-state index is 0.138. The van der Waals surface area contributed by atoms with Gasteiger partial charge in [0.15, 0.2) is 0 Å². The van der Waals surface area contributed by atoms with E-state index in [1.807, 2.05) is 25.6 Å². The molecule has 2 N–H and O–H groups in total. The van der Waals surface area contributed by atoms with Crippen LogP contribution in [0.4, 0.5) is 5.69 Å². The summed E-state index contributed by atoms with van der Waals surface area (Å²) in [6, 6.07) is 6.52. The molecule has 0 aliphatic carbocycles. The van der Waals surface area contributed by atoms with Crippen LogP contribution in [0.1, 0.15) is 25.8 Å². The van der Waals surface area contributed by atoms with E-state index in [0.717, 1.165) is 5.69 Å². The molecule has 0 amide bonds. The van der Waals surface area contributed by atoms with Gasteiger partial charge in [-0.2, -0.15) is 0 Å². The van der Waals surface area contributed by atoms with E-state index in [2.05, 4.69) is 23.5 Å². The topological polar surface area (TPSA) is 32.3 Å². The van der Waals surface area contributed by atoms with Crippen molar-refractivity contribution in [1.82, 2.24) is 0 Å². The Balaban J connectivity index is 2.17. The monoisotopic (exact) mass is 237 g/mol. The minimum atomic E-state index is -0.254. The molecule has 2 rings (SSSR count). The number of nitrogens with one attached hydrogen (secondary N) is 1. The van der Waals surface area contributed by atoms with Crippen LogP contribution in [0.15, 0.2) is 23.1 Å². The Bertz CT molecular complexity index is 376. The number of benzene rings is 1. The van der Waals surface area contributed by atoms with Gasteiger partial charge >= 0.3 is 0 Å². The average Bonchev–Trinajstić information content (AvgIpc) is 2.28. The molecule has 1 aromatic carbocycles. The van der Waals surface area contributed by atoms with Crippen molar-refractivity contribution in [3.8, 4) is 0 Å². The van der Waals surface area contributed by atoms with Crippen LogP contribution in [0, 0.1) is 0 Å². The Morgan fingerprint density at radius 2 is 2.25 bits per heavy atom. The third-order valence-electron chi connectivity index (χ3n) is 2.79. The Hall–Kier alpha value is -0.670. The van der Waals surface area contributed by atoms with Crippen molar-refractivity contribution in [1.29, 1.82) is 0 Å². The van der Waals surface area contributed by atoms with E-state index in [4.69, 9.17) is 0 Å². The van der Waals surface area contributed by atoms with Crippen LogP contribution in [0.3, 0.4) is 0 Å². The molecule has 3 heteroatoms. The first-order valence-electron chi connectivity index (χ1n) is 5.75. The molecule has 1 heterocycles. The highest BCUT2D eigenvalue weighted by molar-refractivity contribution is 7.99. The van der Waals surface area contributed by atoms with Crippen LogP contribution in [0.2, 0.25) is 0 Å². The quantitative estimate of drug-likeness (QED) is 0.848. The number of aryl methyl sites for hydroxylation is 1. The first-order valence-corrected chi connectivity index (χ1v) is 6.74. The van der Waals surface area contributed by atoms with Gasteiger partial charge in [0.25, 0.3) is 0 Å². The fourth-order valence-electron chi connectivity index (χ4n) is 1.87. The number of aliphatic hydroxyl groups excluding tert-OH is 1. The number of thioether (sulfide) groups is 1. The van der Waals surface area contributed by atoms with Crippen molar-refractivity contribution >= 4 is 17.4 Å². The molecule has 0 unspecified atom stereocenters. The van der Waals surface area contributed by atoms with E-state index in [1.54, 1.807) is 0 Å². The van der Waals surface area contributed by atoms with Gasteiger partial charge in [-0.1, -0.05) is 0 Å². The van der Waals surface area contributed by atoms with Crippen molar-refractivity contribution < 1.29 is 5.11 Å². The van der Waals surface area contributed by atoms with Crippen LogP contribution in [-0.4, -0.2) is 23.0 Å². The molecule has 0 saturated carbocycles. The maximum atomic E-state index is 9.23. The second kappa shape index (κ2) is 4.68. The largest absolute Gasteiger partial charge is 0.394 e. The number of hydrogen-bond acceptors (Lipinski definition) is 3. The summed E-state index contributed by atoms with van der Waals surface area (Å²) in [4.78, 5) is 1.42. The zero-order valence-electron chi connectivity index (χ0n) is 9.92. The maximum Gasteiger partial charge on any atom is 0.0656 e. The van der Waals surface area contributed by atoms with Gasteiger partial charge in [0.05, 0.1) is 12.1 Å². The van der Waals surface area contributed by atoms with Gasteiger partial charge in [-0.05, 0) is 56.2 Å². The molecule has 0 fully saturated rings. The summed E-state index contributed by atoms with van der Waals surface area (Å²) in [6.07, 6.45) is 2.45. The molecular weight excluding hydrogens is 218 g/mol. The zero-order valence-corrected chi connectivity index (χ0v) is 10.7. The predicted molar refractivity (Wildman–Crippen MR) is 70.3 cm³/mol. The highest BCUT2D eigenvalue weighted by Crippen LogP contribution is 2.32. The zero-order chi connectivity index (χ0) is 11.6. The van der Waals surface area contributed by atoms with Crippen LogP contribution < -0.4 is 5.32 Å². The Labute approximate surface area is 101 Å². The van der Waals surface area contributed by atoms with E-state index >= 15 is 0 Å². The third-order valence-corrected chi connectivity index (χ3v) is 3.99. The summed E-state index contributed by atoms with van der Waals surface area (Å²) in [5.74, 6) is 1.24. The average molecular weight is 237 g/mol. The highest BCUT2D eigenvalue weighted by atomic mass is 32.2. The van der Waals surface area contributed by atoms with Gasteiger partial charge in [-0.15, -0.1) is 11.8 Å². The van der Waals surface area contributed by atoms with E-state index in [-0.39, 0.29) is 12.1 Å². The second-order valence-electron chi connectivity index (χ2n) is 4.94. The lowest BCUT2D eigenvalue weighted by atomic mass is 10.0. The molecule has 0 aromatic heterocycles. The van der Waals surface area contributed by atoms with Crippen molar-refractivity contribution in [3.63, 3.8) is 0 Å². The van der Waals surface area contributed by atoms with E-state index in [1.165, 1.54) is 29.1 Å².